The number of rotatable bonds is 10. The number of methoxy groups -OCH3 is 1. The standard InChI is InChI=1S/C34H38F2N6O7S/c1-40-10-12-41(13-11-40)25-6-7-27(28(21-25)37-24-8-14-48-15-9-24)33(43)38-32-31-29(42(39-32)34(44)49-17-16-47-2)4-3-5-30(31)50(45,46)26-19-22(35)18-23(36)20-26/h3-7,18-21,24,37H,8-17H2,1-2H3,(H,38,39,43). The van der Waals surface area contributed by atoms with Gasteiger partial charge < -0.3 is 34.6 Å². The molecular weight excluding hydrogens is 674 g/mol. The number of amides is 1. The molecule has 2 N–H and O–H groups in total. The fourth-order valence-corrected chi connectivity index (χ4v) is 7.54. The van der Waals surface area contributed by atoms with Gasteiger partial charge in [-0.15, -0.1) is 5.10 Å². The highest BCUT2D eigenvalue weighted by Gasteiger charge is 2.29. The van der Waals surface area contributed by atoms with Crippen LogP contribution in [-0.4, -0.2) is 108 Å². The molecule has 3 aromatic carbocycles. The fourth-order valence-electron chi connectivity index (χ4n) is 6.02. The number of halogens is 2. The van der Waals surface area contributed by atoms with Gasteiger partial charge in [0.05, 0.1) is 32.9 Å². The van der Waals surface area contributed by atoms with Crippen molar-refractivity contribution in [2.24, 2.45) is 0 Å². The third-order valence-corrected chi connectivity index (χ3v) is 10.5. The molecule has 1 amide bonds. The summed E-state index contributed by atoms with van der Waals surface area (Å²) in [6.07, 6.45) is 0.515. The highest BCUT2D eigenvalue weighted by Crippen LogP contribution is 2.35. The Kier molecular flexibility index (Phi) is 10.6. The lowest BCUT2D eigenvalue weighted by Crippen LogP contribution is -2.44. The van der Waals surface area contributed by atoms with Gasteiger partial charge in [-0.05, 0) is 62.4 Å². The number of benzene rings is 3. The third kappa shape index (κ3) is 7.57. The molecule has 2 fully saturated rings. The summed E-state index contributed by atoms with van der Waals surface area (Å²) in [7, 11) is -1.11. The molecule has 0 spiro atoms. The molecule has 0 aliphatic carbocycles. The lowest BCUT2D eigenvalue weighted by atomic mass is 10.1. The van der Waals surface area contributed by atoms with Crippen molar-refractivity contribution < 1.29 is 41.0 Å². The number of hydrogen-bond acceptors (Lipinski definition) is 11. The van der Waals surface area contributed by atoms with Crippen LogP contribution in [0.25, 0.3) is 10.9 Å². The van der Waals surface area contributed by atoms with Crippen molar-refractivity contribution in [3.8, 4) is 0 Å². The van der Waals surface area contributed by atoms with E-state index in [0.717, 1.165) is 49.4 Å². The van der Waals surface area contributed by atoms with E-state index in [4.69, 9.17) is 14.2 Å². The van der Waals surface area contributed by atoms with Crippen LogP contribution in [0.5, 0.6) is 0 Å². The van der Waals surface area contributed by atoms with Crippen LogP contribution in [0.15, 0.2) is 64.4 Å². The molecule has 2 aliphatic rings. The van der Waals surface area contributed by atoms with Crippen LogP contribution in [0.4, 0.5) is 30.8 Å². The summed E-state index contributed by atoms with van der Waals surface area (Å²) < 4.78 is 72.7. The highest BCUT2D eigenvalue weighted by molar-refractivity contribution is 7.91. The molecule has 0 unspecified atom stereocenters. The monoisotopic (exact) mass is 712 g/mol. The maximum Gasteiger partial charge on any atom is 0.435 e. The lowest BCUT2D eigenvalue weighted by Gasteiger charge is -2.34. The van der Waals surface area contributed by atoms with Gasteiger partial charge in [-0.3, -0.25) is 4.79 Å². The van der Waals surface area contributed by atoms with Crippen molar-refractivity contribution in [2.45, 2.75) is 28.7 Å². The van der Waals surface area contributed by atoms with Gasteiger partial charge in [0.2, 0.25) is 9.84 Å². The Morgan fingerprint density at radius 3 is 2.40 bits per heavy atom. The second-order valence-corrected chi connectivity index (χ2v) is 14.0. The first-order valence-corrected chi connectivity index (χ1v) is 17.7. The number of hydrogen-bond donors (Lipinski definition) is 2. The number of piperazine rings is 1. The molecule has 0 atom stereocenters. The van der Waals surface area contributed by atoms with Gasteiger partial charge in [-0.25, -0.2) is 22.0 Å². The number of nitrogens with one attached hydrogen (secondary N) is 2. The molecule has 0 radical (unpaired) electrons. The molecule has 2 aliphatic heterocycles. The first-order chi connectivity index (χ1) is 24.0. The number of sulfone groups is 1. The summed E-state index contributed by atoms with van der Waals surface area (Å²) in [6, 6.07) is 11.4. The molecule has 0 bridgehead atoms. The summed E-state index contributed by atoms with van der Waals surface area (Å²) in [5.74, 6) is -3.09. The minimum absolute atomic E-state index is 0.0216. The maximum absolute atomic E-state index is 14.2. The SMILES string of the molecule is COCCOC(=O)n1nc(NC(=O)c2ccc(N3CCN(C)CC3)cc2NC2CCOCC2)c2c(S(=O)(=O)c3cc(F)cc(F)c3)cccc21. The van der Waals surface area contributed by atoms with E-state index < -0.39 is 43.3 Å². The molecule has 2 saturated heterocycles. The molecular formula is C34H38F2N6O7S. The van der Waals surface area contributed by atoms with Crippen LogP contribution in [-0.2, 0) is 24.0 Å². The van der Waals surface area contributed by atoms with Crippen molar-refractivity contribution in [2.75, 3.05) is 82.3 Å². The van der Waals surface area contributed by atoms with Gasteiger partial charge >= 0.3 is 6.09 Å². The van der Waals surface area contributed by atoms with Gasteiger partial charge in [-0.2, -0.15) is 4.68 Å². The number of aromatic nitrogens is 2. The molecule has 50 heavy (non-hydrogen) atoms. The van der Waals surface area contributed by atoms with Crippen LogP contribution in [0.2, 0.25) is 0 Å². The second-order valence-electron chi connectivity index (χ2n) is 12.1. The highest BCUT2D eigenvalue weighted by atomic mass is 32.2. The Morgan fingerprint density at radius 2 is 1.70 bits per heavy atom. The Morgan fingerprint density at radius 1 is 0.980 bits per heavy atom. The zero-order valence-corrected chi connectivity index (χ0v) is 28.5. The number of carbonyl (C=O) groups excluding carboxylic acids is 2. The van der Waals surface area contributed by atoms with Crippen LogP contribution in [0, 0.1) is 11.6 Å². The van der Waals surface area contributed by atoms with Crippen molar-refractivity contribution in [1.29, 1.82) is 0 Å². The van der Waals surface area contributed by atoms with Gasteiger partial charge in [0, 0.05) is 70.0 Å². The van der Waals surface area contributed by atoms with Crippen LogP contribution in [0.1, 0.15) is 23.2 Å². The minimum Gasteiger partial charge on any atom is -0.445 e. The molecule has 16 heteroatoms. The maximum atomic E-state index is 14.2. The zero-order valence-electron chi connectivity index (χ0n) is 27.7. The van der Waals surface area contributed by atoms with E-state index in [0.29, 0.717) is 37.1 Å². The van der Waals surface area contributed by atoms with Gasteiger partial charge in [0.15, 0.2) is 5.82 Å². The van der Waals surface area contributed by atoms with Gasteiger partial charge in [0.1, 0.15) is 18.2 Å². The molecule has 3 heterocycles. The van der Waals surface area contributed by atoms with E-state index in [1.54, 1.807) is 6.07 Å². The summed E-state index contributed by atoms with van der Waals surface area (Å²) in [6.45, 7) is 4.53. The summed E-state index contributed by atoms with van der Waals surface area (Å²) in [5, 5.41) is 10.4. The number of likely N-dealkylation sites (N-methyl/N-ethyl adjacent to an activating group) is 1. The van der Waals surface area contributed by atoms with Crippen molar-refractivity contribution >= 4 is 49.9 Å². The molecule has 266 valence electrons. The van der Waals surface area contributed by atoms with E-state index in [-0.39, 0.29) is 41.5 Å². The quantitative estimate of drug-likeness (QED) is 0.226. The summed E-state index contributed by atoms with van der Waals surface area (Å²) >= 11 is 0. The van der Waals surface area contributed by atoms with Crippen molar-refractivity contribution in [3.05, 3.63) is 71.8 Å². The molecule has 1 aromatic heterocycles. The van der Waals surface area contributed by atoms with E-state index in [9.17, 15) is 26.8 Å². The lowest BCUT2D eigenvalue weighted by molar-refractivity contribution is 0.0904. The van der Waals surface area contributed by atoms with E-state index in [1.807, 2.05) is 12.1 Å². The van der Waals surface area contributed by atoms with E-state index in [1.165, 1.54) is 25.3 Å². The molecule has 4 aromatic rings. The molecule has 0 saturated carbocycles. The first kappa shape index (κ1) is 35.2. The number of fused-ring (bicyclic) bond motifs is 1. The van der Waals surface area contributed by atoms with E-state index >= 15 is 0 Å². The Bertz CT molecular complexity index is 1970. The topological polar surface area (TPSA) is 144 Å². The summed E-state index contributed by atoms with van der Waals surface area (Å²) in [5.41, 5.74) is 1.74. The predicted octanol–water partition coefficient (Wildman–Crippen LogP) is 4.37. The predicted molar refractivity (Wildman–Crippen MR) is 182 cm³/mol. The zero-order chi connectivity index (χ0) is 35.4. The van der Waals surface area contributed by atoms with Crippen LogP contribution in [0.3, 0.4) is 0 Å². The van der Waals surface area contributed by atoms with Gasteiger partial charge in [-0.1, -0.05) is 6.07 Å². The first-order valence-electron chi connectivity index (χ1n) is 16.2. The second kappa shape index (κ2) is 15.1. The normalized spacial score (nSPS) is 16.0. The molecule has 13 nitrogen and oxygen atoms in total. The van der Waals surface area contributed by atoms with Crippen molar-refractivity contribution in [3.63, 3.8) is 0 Å². The van der Waals surface area contributed by atoms with E-state index in [2.05, 4.69) is 32.6 Å². The van der Waals surface area contributed by atoms with Crippen LogP contribution < -0.4 is 15.5 Å². The Hall–Kier alpha value is -4.64. The average molecular weight is 713 g/mol. The average Bonchev–Trinajstić information content (AvgIpc) is 3.47. The number of nitrogens with zero attached hydrogens (tertiary/aromatic N) is 4. The fraction of sp³-hybridized carbons (Fsp3) is 0.382. The third-order valence-electron chi connectivity index (χ3n) is 8.72. The van der Waals surface area contributed by atoms with Crippen molar-refractivity contribution in [1.82, 2.24) is 14.7 Å². The number of carbonyl (C=O) groups is 2. The Labute approximate surface area is 288 Å². The number of anilines is 3. The smallest absolute Gasteiger partial charge is 0.435 e. The Balaban J connectivity index is 1.42. The minimum atomic E-state index is -4.61. The summed E-state index contributed by atoms with van der Waals surface area (Å²) in [4.78, 5) is 30.7. The molecule has 6 rings (SSSR count). The van der Waals surface area contributed by atoms with Gasteiger partial charge in [0.25, 0.3) is 5.91 Å². The number of ether oxygens (including phenoxy) is 3. The van der Waals surface area contributed by atoms with Crippen LogP contribution >= 0.6 is 0 Å². The largest absolute Gasteiger partial charge is 0.445 e.